The fourth-order valence-electron chi connectivity index (χ4n) is 4.05. The third-order valence-corrected chi connectivity index (χ3v) is 5.08. The predicted octanol–water partition coefficient (Wildman–Crippen LogP) is 3.70. The second-order valence-electron chi connectivity index (χ2n) is 6.14. The zero-order valence-corrected chi connectivity index (χ0v) is 12.7. The van der Waals surface area contributed by atoms with E-state index in [2.05, 4.69) is 18.2 Å². The summed E-state index contributed by atoms with van der Waals surface area (Å²) in [6.07, 6.45) is 4.77. The van der Waals surface area contributed by atoms with E-state index < -0.39 is 11.3 Å². The van der Waals surface area contributed by atoms with Crippen LogP contribution in [-0.2, 0) is 0 Å². The van der Waals surface area contributed by atoms with Gasteiger partial charge >= 0.3 is 0 Å². The first-order chi connectivity index (χ1) is 11.2. The third-order valence-electron chi connectivity index (χ3n) is 5.08. The number of rotatable bonds is 1. The van der Waals surface area contributed by atoms with Crippen LogP contribution in [0.15, 0.2) is 42.0 Å². The monoisotopic (exact) mass is 300 g/mol. The van der Waals surface area contributed by atoms with E-state index in [-0.39, 0.29) is 17.5 Å². The molecule has 0 aliphatic heterocycles. The third kappa shape index (κ3) is 2.06. The van der Waals surface area contributed by atoms with Crippen molar-refractivity contribution in [2.45, 2.75) is 25.2 Å². The van der Waals surface area contributed by atoms with Crippen molar-refractivity contribution >= 4 is 5.71 Å². The molecule has 4 heteroatoms. The van der Waals surface area contributed by atoms with Crippen LogP contribution in [0.1, 0.15) is 30.7 Å². The van der Waals surface area contributed by atoms with Crippen LogP contribution in [0.25, 0.3) is 0 Å². The van der Waals surface area contributed by atoms with Crippen molar-refractivity contribution in [2.75, 3.05) is 0 Å². The topological polar surface area (TPSA) is 95.2 Å². The molecule has 4 nitrogen and oxygen atoms in total. The van der Waals surface area contributed by atoms with Crippen molar-refractivity contribution in [3.8, 4) is 18.2 Å². The molecule has 0 aromatic heterocycles. The molecule has 2 aliphatic carbocycles. The van der Waals surface area contributed by atoms with Gasteiger partial charge in [-0.05, 0) is 36.3 Å². The summed E-state index contributed by atoms with van der Waals surface area (Å²) >= 11 is 0. The molecular weight excluding hydrogens is 284 g/mol. The highest BCUT2D eigenvalue weighted by Gasteiger charge is 2.56. The average molecular weight is 300 g/mol. The van der Waals surface area contributed by atoms with Crippen molar-refractivity contribution in [3.05, 3.63) is 47.5 Å². The minimum atomic E-state index is -1.57. The van der Waals surface area contributed by atoms with Gasteiger partial charge in [0.1, 0.15) is 5.92 Å². The summed E-state index contributed by atoms with van der Waals surface area (Å²) in [6.45, 7) is 0. The van der Waals surface area contributed by atoms with E-state index in [0.29, 0.717) is 0 Å². The summed E-state index contributed by atoms with van der Waals surface area (Å²) in [5, 5.41) is 37.6. The summed E-state index contributed by atoms with van der Waals surface area (Å²) in [5.74, 6) is -1.16. The van der Waals surface area contributed by atoms with Gasteiger partial charge in [0.25, 0.3) is 0 Å². The minimum Gasteiger partial charge on any atom is -0.305 e. The highest BCUT2D eigenvalue weighted by molar-refractivity contribution is 6.00. The van der Waals surface area contributed by atoms with Crippen molar-refractivity contribution in [2.24, 2.45) is 17.3 Å². The lowest BCUT2D eigenvalue weighted by molar-refractivity contribution is 0.320. The fraction of sp³-hybridized carbons (Fsp3) is 0.368. The van der Waals surface area contributed by atoms with Gasteiger partial charge < -0.3 is 5.41 Å². The summed E-state index contributed by atoms with van der Waals surface area (Å²) in [5.41, 5.74) is 0.192. The normalized spacial score (nSPS) is 28.5. The lowest BCUT2D eigenvalue weighted by atomic mass is 9.53. The molecule has 1 aromatic rings. The van der Waals surface area contributed by atoms with Gasteiger partial charge in [0.05, 0.1) is 23.9 Å². The molecule has 1 fully saturated rings. The lowest BCUT2D eigenvalue weighted by Gasteiger charge is -2.45. The molecule has 112 valence electrons. The first-order valence-electron chi connectivity index (χ1n) is 7.75. The van der Waals surface area contributed by atoms with Gasteiger partial charge in [-0.3, -0.25) is 0 Å². The molecule has 1 unspecified atom stereocenters. The summed E-state index contributed by atoms with van der Waals surface area (Å²) in [6, 6.07) is 15.9. The Bertz CT molecular complexity index is 771. The Balaban J connectivity index is 2.26. The number of hydrogen-bond donors (Lipinski definition) is 1. The number of allylic oxidation sites excluding steroid dienone is 2. The molecule has 23 heavy (non-hydrogen) atoms. The first-order valence-corrected chi connectivity index (χ1v) is 7.75. The number of nitrogens with zero attached hydrogens (tertiary/aromatic N) is 3. The van der Waals surface area contributed by atoms with Crippen LogP contribution in [0, 0.1) is 56.7 Å². The van der Waals surface area contributed by atoms with E-state index in [1.165, 1.54) is 0 Å². The smallest absolute Gasteiger partial charge is 0.189 e. The molecule has 3 rings (SSSR count). The maximum absolute atomic E-state index is 9.81. The first kappa shape index (κ1) is 15.0. The summed E-state index contributed by atoms with van der Waals surface area (Å²) < 4.78 is 0. The number of benzene rings is 1. The predicted molar refractivity (Wildman–Crippen MR) is 85.1 cm³/mol. The second-order valence-corrected chi connectivity index (χ2v) is 6.14. The minimum absolute atomic E-state index is 0.0239. The fourth-order valence-corrected chi connectivity index (χ4v) is 4.05. The largest absolute Gasteiger partial charge is 0.305 e. The van der Waals surface area contributed by atoms with Crippen LogP contribution in [0.3, 0.4) is 0 Å². The van der Waals surface area contributed by atoms with Gasteiger partial charge in [0.15, 0.2) is 5.41 Å². The van der Waals surface area contributed by atoms with Gasteiger partial charge in [-0.2, -0.15) is 15.8 Å². The lowest BCUT2D eigenvalue weighted by Crippen LogP contribution is -2.48. The van der Waals surface area contributed by atoms with Gasteiger partial charge in [0, 0.05) is 5.92 Å². The summed E-state index contributed by atoms with van der Waals surface area (Å²) in [7, 11) is 0. The molecule has 1 N–H and O–H groups in total. The maximum atomic E-state index is 9.81. The quantitative estimate of drug-likeness (QED) is 0.801. The zero-order chi connectivity index (χ0) is 16.4. The van der Waals surface area contributed by atoms with Crippen LogP contribution < -0.4 is 0 Å². The van der Waals surface area contributed by atoms with E-state index in [1.807, 2.05) is 36.4 Å². The van der Waals surface area contributed by atoms with Gasteiger partial charge in [0.2, 0.25) is 0 Å². The van der Waals surface area contributed by atoms with Crippen LogP contribution >= 0.6 is 0 Å². The highest BCUT2D eigenvalue weighted by Crippen LogP contribution is 2.54. The van der Waals surface area contributed by atoms with Crippen molar-refractivity contribution in [1.82, 2.24) is 0 Å². The van der Waals surface area contributed by atoms with Gasteiger partial charge in [-0.25, -0.2) is 0 Å². The number of fused-ring (bicyclic) bond motifs is 1. The summed E-state index contributed by atoms with van der Waals surface area (Å²) in [4.78, 5) is 0. The Kier molecular flexibility index (Phi) is 3.73. The number of nitriles is 3. The standard InChI is InChI=1S/C19H16N4/c20-10-16-14-8-4-5-9-15(14)17(13-6-2-1-3-7-13)19(11-21,12-22)18(16)23/h1-3,6-8,15-17,23H,4-5,9H2/t15-,16?,17+/m1/s1. The molecule has 1 saturated carbocycles. The Morgan fingerprint density at radius 1 is 1.09 bits per heavy atom. The maximum Gasteiger partial charge on any atom is 0.189 e. The number of nitrogens with one attached hydrogen (secondary N) is 1. The van der Waals surface area contributed by atoms with Gasteiger partial charge in [-0.15, -0.1) is 0 Å². The molecule has 0 saturated heterocycles. The molecule has 0 bridgehead atoms. The molecule has 0 spiro atoms. The Morgan fingerprint density at radius 3 is 2.39 bits per heavy atom. The number of hydrogen-bond acceptors (Lipinski definition) is 4. The van der Waals surface area contributed by atoms with Crippen molar-refractivity contribution < 1.29 is 0 Å². The van der Waals surface area contributed by atoms with Crippen molar-refractivity contribution in [1.29, 1.82) is 21.2 Å². The van der Waals surface area contributed by atoms with E-state index in [9.17, 15) is 15.8 Å². The Hall–Kier alpha value is -2.90. The molecule has 3 atom stereocenters. The SMILES string of the molecule is N#CC1C(=N)C(C#N)(C#N)[C@@H](c2ccccc2)[C@@H]2CCCC=C12. The van der Waals surface area contributed by atoms with Crippen LogP contribution in [0.5, 0.6) is 0 Å². The Labute approximate surface area is 135 Å². The Morgan fingerprint density at radius 2 is 1.78 bits per heavy atom. The van der Waals surface area contributed by atoms with E-state index in [1.54, 1.807) is 0 Å². The molecule has 0 amide bonds. The zero-order valence-electron chi connectivity index (χ0n) is 12.7. The van der Waals surface area contributed by atoms with Crippen molar-refractivity contribution in [3.63, 3.8) is 0 Å². The molecule has 0 heterocycles. The second kappa shape index (κ2) is 5.71. The molecule has 2 aliphatic rings. The van der Waals surface area contributed by atoms with Crippen LogP contribution in [0.2, 0.25) is 0 Å². The van der Waals surface area contributed by atoms with Gasteiger partial charge in [-0.1, -0.05) is 36.4 Å². The molecule has 1 aromatic carbocycles. The van der Waals surface area contributed by atoms with Crippen LogP contribution in [-0.4, -0.2) is 5.71 Å². The molecular formula is C19H16N4. The highest BCUT2D eigenvalue weighted by atomic mass is 14.6. The molecule has 0 radical (unpaired) electrons. The average Bonchev–Trinajstić information content (AvgIpc) is 2.61. The van der Waals surface area contributed by atoms with E-state index in [4.69, 9.17) is 5.41 Å². The van der Waals surface area contributed by atoms with E-state index >= 15 is 0 Å². The van der Waals surface area contributed by atoms with E-state index in [0.717, 1.165) is 30.4 Å². The van der Waals surface area contributed by atoms with Crippen LogP contribution in [0.4, 0.5) is 0 Å².